The Morgan fingerprint density at radius 3 is 2.23 bits per heavy atom. The van der Waals surface area contributed by atoms with Gasteiger partial charge in [0.1, 0.15) is 0 Å². The lowest BCUT2D eigenvalue weighted by molar-refractivity contribution is 0.247. The highest BCUT2D eigenvalue weighted by Crippen LogP contribution is 2.37. The number of carbonyl (C=O) groups is 1. The Morgan fingerprint density at radius 1 is 0.818 bits per heavy atom. The van der Waals surface area contributed by atoms with Crippen LogP contribution in [0.25, 0.3) is 32.3 Å². The van der Waals surface area contributed by atoms with E-state index in [1.165, 1.54) is 37.9 Å². The zero-order chi connectivity index (χ0) is 14.7. The maximum atomic E-state index is 11.5. The Morgan fingerprint density at radius 2 is 1.50 bits per heavy atom. The molecule has 1 fully saturated rings. The highest BCUT2D eigenvalue weighted by atomic mass is 16.2. The first-order valence-corrected chi connectivity index (χ1v) is 7.52. The Balaban J connectivity index is 1.91. The summed E-state index contributed by atoms with van der Waals surface area (Å²) in [5.74, 6) is 0. The van der Waals surface area contributed by atoms with E-state index in [-0.39, 0.29) is 12.1 Å². The Hall–Kier alpha value is -2.81. The number of amides is 2. The lowest BCUT2D eigenvalue weighted by atomic mass is 9.90. The van der Waals surface area contributed by atoms with Crippen molar-refractivity contribution in [3.63, 3.8) is 0 Å². The van der Waals surface area contributed by atoms with E-state index in [2.05, 4.69) is 65.2 Å². The average Bonchev–Trinajstić information content (AvgIpc) is 2.99. The van der Waals surface area contributed by atoms with Crippen molar-refractivity contribution in [3.05, 3.63) is 60.2 Å². The molecule has 3 heteroatoms. The summed E-state index contributed by atoms with van der Waals surface area (Å²) in [5, 5.41) is 13.5. The highest BCUT2D eigenvalue weighted by Gasteiger charge is 2.24. The molecule has 0 aromatic heterocycles. The van der Waals surface area contributed by atoms with Crippen LogP contribution in [0.3, 0.4) is 0 Å². The summed E-state index contributed by atoms with van der Waals surface area (Å²) in [6, 6.07) is 19.4. The number of rotatable bonds is 1. The molecule has 4 aromatic carbocycles. The van der Waals surface area contributed by atoms with Crippen LogP contribution in [0.4, 0.5) is 4.79 Å². The van der Waals surface area contributed by atoms with Gasteiger partial charge in [0.25, 0.3) is 0 Å². The van der Waals surface area contributed by atoms with Crippen LogP contribution in [-0.2, 0) is 0 Å². The van der Waals surface area contributed by atoms with Gasteiger partial charge in [-0.3, -0.25) is 0 Å². The average molecular weight is 286 g/mol. The van der Waals surface area contributed by atoms with Gasteiger partial charge >= 0.3 is 6.03 Å². The monoisotopic (exact) mass is 286 g/mol. The largest absolute Gasteiger partial charge is 0.336 e. The molecule has 0 aliphatic carbocycles. The van der Waals surface area contributed by atoms with E-state index >= 15 is 0 Å². The molecule has 1 saturated heterocycles. The molecule has 0 bridgehead atoms. The van der Waals surface area contributed by atoms with E-state index in [0.29, 0.717) is 6.54 Å². The van der Waals surface area contributed by atoms with Gasteiger partial charge in [-0.2, -0.15) is 0 Å². The molecule has 1 aliphatic rings. The lowest BCUT2D eigenvalue weighted by Crippen LogP contribution is -2.21. The lowest BCUT2D eigenvalue weighted by Gasteiger charge is -2.16. The van der Waals surface area contributed by atoms with Gasteiger partial charge in [0, 0.05) is 6.54 Å². The normalized spacial score (nSPS) is 18.2. The van der Waals surface area contributed by atoms with Crippen molar-refractivity contribution in [2.75, 3.05) is 6.54 Å². The molecule has 1 aliphatic heterocycles. The summed E-state index contributed by atoms with van der Waals surface area (Å²) in [7, 11) is 0. The first-order chi connectivity index (χ1) is 10.8. The smallest absolute Gasteiger partial charge is 0.315 e. The molecule has 3 nitrogen and oxygen atoms in total. The second-order valence-corrected chi connectivity index (χ2v) is 5.92. The predicted octanol–water partition coefficient (Wildman–Crippen LogP) is 3.94. The van der Waals surface area contributed by atoms with Crippen LogP contribution < -0.4 is 10.6 Å². The summed E-state index contributed by atoms with van der Waals surface area (Å²) >= 11 is 0. The van der Waals surface area contributed by atoms with Gasteiger partial charge < -0.3 is 10.6 Å². The van der Waals surface area contributed by atoms with Crippen LogP contribution in [0, 0.1) is 0 Å². The van der Waals surface area contributed by atoms with E-state index in [4.69, 9.17) is 0 Å². The Kier molecular flexibility index (Phi) is 2.20. The van der Waals surface area contributed by atoms with Gasteiger partial charge in [-0.25, -0.2) is 4.79 Å². The number of hydrogen-bond acceptors (Lipinski definition) is 1. The number of nitrogens with one attached hydrogen (secondary N) is 2. The third kappa shape index (κ3) is 1.48. The second-order valence-electron chi connectivity index (χ2n) is 5.92. The van der Waals surface area contributed by atoms with Crippen molar-refractivity contribution in [2.45, 2.75) is 6.04 Å². The molecule has 0 saturated carbocycles. The van der Waals surface area contributed by atoms with Gasteiger partial charge in [-0.1, -0.05) is 54.6 Å². The number of urea groups is 1. The van der Waals surface area contributed by atoms with E-state index in [1.807, 2.05) is 0 Å². The van der Waals surface area contributed by atoms with Crippen LogP contribution in [-0.4, -0.2) is 12.6 Å². The maximum absolute atomic E-state index is 11.5. The molecular weight excluding hydrogens is 272 g/mol. The zero-order valence-electron chi connectivity index (χ0n) is 11.9. The Bertz CT molecular complexity index is 1020. The molecule has 106 valence electrons. The SMILES string of the molecule is O=C1NC[C@@H](c2ccc3ccc4cccc5ccc2c3c45)N1. The summed E-state index contributed by atoms with van der Waals surface area (Å²) < 4.78 is 0. The van der Waals surface area contributed by atoms with Crippen molar-refractivity contribution in [3.8, 4) is 0 Å². The minimum atomic E-state index is -0.0873. The quantitative estimate of drug-likeness (QED) is 0.511. The van der Waals surface area contributed by atoms with Crippen molar-refractivity contribution < 1.29 is 4.79 Å². The molecule has 2 N–H and O–H groups in total. The summed E-state index contributed by atoms with van der Waals surface area (Å²) in [5.41, 5.74) is 1.18. The molecule has 1 atom stereocenters. The molecule has 4 aromatic rings. The highest BCUT2D eigenvalue weighted by molar-refractivity contribution is 6.23. The molecular formula is C19H14N2O. The third-order valence-electron chi connectivity index (χ3n) is 4.71. The second kappa shape index (κ2) is 4.10. The minimum Gasteiger partial charge on any atom is -0.336 e. The molecule has 22 heavy (non-hydrogen) atoms. The van der Waals surface area contributed by atoms with Gasteiger partial charge in [0.05, 0.1) is 6.04 Å². The van der Waals surface area contributed by atoms with Crippen molar-refractivity contribution in [1.29, 1.82) is 0 Å². The fourth-order valence-electron chi connectivity index (χ4n) is 3.70. The summed E-state index contributed by atoms with van der Waals surface area (Å²) in [6.07, 6.45) is 0. The number of hydrogen-bond donors (Lipinski definition) is 2. The molecule has 1 heterocycles. The van der Waals surface area contributed by atoms with Crippen molar-refractivity contribution >= 4 is 38.3 Å². The summed E-state index contributed by atoms with van der Waals surface area (Å²) in [6.45, 7) is 0.642. The molecule has 0 spiro atoms. The molecule has 2 amide bonds. The predicted molar refractivity (Wildman–Crippen MR) is 89.4 cm³/mol. The Labute approximate surface area is 127 Å². The molecule has 0 radical (unpaired) electrons. The van der Waals surface area contributed by atoms with Gasteiger partial charge in [-0.05, 0) is 37.9 Å². The summed E-state index contributed by atoms with van der Waals surface area (Å²) in [4.78, 5) is 11.5. The van der Waals surface area contributed by atoms with Crippen LogP contribution >= 0.6 is 0 Å². The number of carbonyl (C=O) groups excluding carboxylic acids is 1. The first kappa shape index (κ1) is 11.8. The maximum Gasteiger partial charge on any atom is 0.315 e. The zero-order valence-corrected chi connectivity index (χ0v) is 11.9. The van der Waals surface area contributed by atoms with Crippen molar-refractivity contribution in [2.24, 2.45) is 0 Å². The minimum absolute atomic E-state index is 0.0390. The first-order valence-electron chi connectivity index (χ1n) is 7.52. The van der Waals surface area contributed by atoms with E-state index in [0.717, 1.165) is 0 Å². The number of benzene rings is 4. The van der Waals surface area contributed by atoms with Crippen LogP contribution in [0.1, 0.15) is 11.6 Å². The van der Waals surface area contributed by atoms with Crippen molar-refractivity contribution in [1.82, 2.24) is 10.6 Å². The van der Waals surface area contributed by atoms with E-state index < -0.39 is 0 Å². The van der Waals surface area contributed by atoms with Crippen LogP contribution in [0.15, 0.2) is 54.6 Å². The topological polar surface area (TPSA) is 41.1 Å². The van der Waals surface area contributed by atoms with Crippen LogP contribution in [0.5, 0.6) is 0 Å². The van der Waals surface area contributed by atoms with Crippen LogP contribution in [0.2, 0.25) is 0 Å². The standard InChI is InChI=1S/C19H14N2O/c22-19-20-10-16(21-19)14-8-6-13-5-4-11-2-1-3-12-7-9-15(14)18(13)17(11)12/h1-9,16H,10H2,(H2,20,21,22)/t16-/m0/s1. The molecule has 5 rings (SSSR count). The molecule has 0 unspecified atom stereocenters. The fourth-order valence-corrected chi connectivity index (χ4v) is 3.70. The van der Waals surface area contributed by atoms with E-state index in [1.54, 1.807) is 0 Å². The van der Waals surface area contributed by atoms with Gasteiger partial charge in [0.15, 0.2) is 0 Å². The third-order valence-corrected chi connectivity index (χ3v) is 4.71. The van der Waals surface area contributed by atoms with Gasteiger partial charge in [0.2, 0.25) is 0 Å². The van der Waals surface area contributed by atoms with E-state index in [9.17, 15) is 4.79 Å². The van der Waals surface area contributed by atoms with Gasteiger partial charge in [-0.15, -0.1) is 0 Å². The fraction of sp³-hybridized carbons (Fsp3) is 0.105.